The predicted octanol–water partition coefficient (Wildman–Crippen LogP) is 5.30. The summed E-state index contributed by atoms with van der Waals surface area (Å²) in [5.41, 5.74) is 2.77. The van der Waals surface area contributed by atoms with Crippen molar-refractivity contribution in [2.45, 2.75) is 24.7 Å². The molecule has 36 heavy (non-hydrogen) atoms. The van der Waals surface area contributed by atoms with Gasteiger partial charge in [-0.3, -0.25) is 9.59 Å². The summed E-state index contributed by atoms with van der Waals surface area (Å²) in [6, 6.07) is 15.1. The van der Waals surface area contributed by atoms with E-state index in [0.29, 0.717) is 49.5 Å². The number of carbonyl (C=O) groups is 2. The van der Waals surface area contributed by atoms with Crippen molar-refractivity contribution in [3.63, 3.8) is 0 Å². The van der Waals surface area contributed by atoms with Gasteiger partial charge in [-0.15, -0.1) is 0 Å². The van der Waals surface area contributed by atoms with Crippen LogP contribution in [0.1, 0.15) is 34.3 Å². The number of anilines is 1. The number of halogens is 3. The predicted molar refractivity (Wildman–Crippen MR) is 137 cm³/mol. The lowest BCUT2D eigenvalue weighted by molar-refractivity contribution is -0.118. The van der Waals surface area contributed by atoms with Crippen LogP contribution in [0.25, 0.3) is 0 Å². The molecule has 2 aliphatic rings. The summed E-state index contributed by atoms with van der Waals surface area (Å²) >= 11 is 12.2. The fourth-order valence-corrected chi connectivity index (χ4v) is 5.66. The lowest BCUT2D eigenvalue weighted by Gasteiger charge is -2.40. The molecular formula is C27H24Cl2FN3O3. The van der Waals surface area contributed by atoms with E-state index < -0.39 is 5.82 Å². The first-order chi connectivity index (χ1) is 17.3. The molecule has 0 atom stereocenters. The number of aromatic nitrogens is 1. The largest absolute Gasteiger partial charge is 0.481 e. The third-order valence-electron chi connectivity index (χ3n) is 7.12. The van der Waals surface area contributed by atoms with Gasteiger partial charge in [0.2, 0.25) is 11.8 Å². The van der Waals surface area contributed by atoms with Crippen LogP contribution in [0.5, 0.6) is 5.88 Å². The van der Waals surface area contributed by atoms with Crippen LogP contribution in [-0.2, 0) is 16.6 Å². The molecule has 3 aromatic rings. The van der Waals surface area contributed by atoms with Crippen molar-refractivity contribution in [2.24, 2.45) is 0 Å². The van der Waals surface area contributed by atoms with E-state index in [9.17, 15) is 14.0 Å². The summed E-state index contributed by atoms with van der Waals surface area (Å²) in [6.07, 6.45) is 1.51. The Hall–Kier alpha value is -3.16. The van der Waals surface area contributed by atoms with Crippen molar-refractivity contribution in [1.29, 1.82) is 0 Å². The normalized spacial score (nSPS) is 16.2. The lowest BCUT2D eigenvalue weighted by atomic mass is 9.74. The molecule has 9 heteroatoms. The maximum Gasteiger partial charge on any atom is 0.254 e. The molecule has 2 aliphatic heterocycles. The molecule has 0 N–H and O–H groups in total. The van der Waals surface area contributed by atoms with Crippen LogP contribution >= 0.6 is 23.2 Å². The number of benzene rings is 2. The number of nitrogens with zero attached hydrogens (tertiary/aromatic N) is 3. The fraction of sp³-hybridized carbons (Fsp3) is 0.296. The van der Waals surface area contributed by atoms with Crippen molar-refractivity contribution in [3.05, 3.63) is 87.3 Å². The van der Waals surface area contributed by atoms with Crippen LogP contribution in [0.4, 0.5) is 10.1 Å². The average Bonchev–Trinajstić information content (AvgIpc) is 3.19. The highest BCUT2D eigenvalue weighted by molar-refractivity contribution is 6.31. The Labute approximate surface area is 218 Å². The van der Waals surface area contributed by atoms with Crippen LogP contribution in [0.3, 0.4) is 0 Å². The minimum atomic E-state index is -0.435. The highest BCUT2D eigenvalue weighted by Gasteiger charge is 2.46. The van der Waals surface area contributed by atoms with Crippen LogP contribution in [0, 0.1) is 5.82 Å². The molecule has 2 aromatic carbocycles. The van der Waals surface area contributed by atoms with E-state index >= 15 is 0 Å². The molecule has 5 rings (SSSR count). The maximum atomic E-state index is 13.5. The number of para-hydroxylation sites is 1. The van der Waals surface area contributed by atoms with E-state index in [2.05, 4.69) is 11.1 Å². The first kappa shape index (κ1) is 24.5. The van der Waals surface area contributed by atoms with Gasteiger partial charge >= 0.3 is 0 Å². The summed E-state index contributed by atoms with van der Waals surface area (Å²) in [4.78, 5) is 34.2. The maximum absolute atomic E-state index is 13.5. The number of methoxy groups -OCH3 is 1. The number of carbonyl (C=O) groups excluding carboxylic acids is 2. The van der Waals surface area contributed by atoms with Gasteiger partial charge in [0.25, 0.3) is 5.91 Å². The Kier molecular flexibility index (Phi) is 6.62. The second-order valence-corrected chi connectivity index (χ2v) is 10.00. The van der Waals surface area contributed by atoms with E-state index in [4.69, 9.17) is 27.9 Å². The van der Waals surface area contributed by atoms with Crippen molar-refractivity contribution < 1.29 is 18.7 Å². The van der Waals surface area contributed by atoms with Crippen LogP contribution in [0.2, 0.25) is 10.2 Å². The number of hydrogen-bond donors (Lipinski definition) is 0. The van der Waals surface area contributed by atoms with Crippen LogP contribution in [0.15, 0.2) is 54.6 Å². The van der Waals surface area contributed by atoms with Gasteiger partial charge in [-0.05, 0) is 48.2 Å². The zero-order valence-corrected chi connectivity index (χ0v) is 21.2. The third-order valence-corrected chi connectivity index (χ3v) is 7.66. The summed E-state index contributed by atoms with van der Waals surface area (Å²) in [5.74, 6) is -0.364. The molecule has 0 unspecified atom stereocenters. The molecule has 1 spiro atoms. The van der Waals surface area contributed by atoms with Gasteiger partial charge in [0.15, 0.2) is 0 Å². The minimum absolute atomic E-state index is 0.0821. The average molecular weight is 528 g/mol. The number of rotatable bonds is 4. The van der Waals surface area contributed by atoms with E-state index in [1.165, 1.54) is 19.2 Å². The van der Waals surface area contributed by atoms with E-state index in [0.717, 1.165) is 11.3 Å². The van der Waals surface area contributed by atoms with Gasteiger partial charge in [-0.25, -0.2) is 9.37 Å². The quantitative estimate of drug-likeness (QED) is 0.432. The molecule has 2 amide bonds. The second kappa shape index (κ2) is 9.71. The standard InChI is InChI=1S/C27H24Cl2FN3O3/c1-36-24-13-18(12-23(29)31-24)26(35)32-10-8-27(9-11-32)16-33(22-5-3-2-4-20(22)27)25(34)14-17-6-7-19(30)15-21(17)28/h2-7,12-13,15H,8-11,14,16H2,1H3. The monoisotopic (exact) mass is 527 g/mol. The highest BCUT2D eigenvalue weighted by atomic mass is 35.5. The van der Waals surface area contributed by atoms with Gasteiger partial charge in [0.05, 0.1) is 13.5 Å². The molecule has 0 aliphatic carbocycles. The van der Waals surface area contributed by atoms with E-state index in [1.54, 1.807) is 23.1 Å². The molecule has 6 nitrogen and oxygen atoms in total. The summed E-state index contributed by atoms with van der Waals surface area (Å²) < 4.78 is 18.6. The number of pyridine rings is 1. The third kappa shape index (κ3) is 4.53. The summed E-state index contributed by atoms with van der Waals surface area (Å²) in [7, 11) is 1.48. The van der Waals surface area contributed by atoms with Gasteiger partial charge in [-0.2, -0.15) is 0 Å². The molecule has 1 saturated heterocycles. The Morgan fingerprint density at radius 3 is 2.56 bits per heavy atom. The highest BCUT2D eigenvalue weighted by Crippen LogP contribution is 2.47. The molecule has 0 radical (unpaired) electrons. The van der Waals surface area contributed by atoms with Crippen molar-refractivity contribution in [3.8, 4) is 5.88 Å². The Morgan fingerprint density at radius 2 is 1.83 bits per heavy atom. The first-order valence-electron chi connectivity index (χ1n) is 11.6. The first-order valence-corrected chi connectivity index (χ1v) is 12.4. The molecule has 3 heterocycles. The van der Waals surface area contributed by atoms with Gasteiger partial charge < -0.3 is 14.5 Å². The Balaban J connectivity index is 1.34. The Morgan fingerprint density at radius 1 is 1.08 bits per heavy atom. The van der Waals surface area contributed by atoms with Crippen molar-refractivity contribution in [2.75, 3.05) is 31.6 Å². The molecule has 0 bridgehead atoms. The van der Waals surface area contributed by atoms with Crippen LogP contribution in [-0.4, -0.2) is 48.4 Å². The number of fused-ring (bicyclic) bond motifs is 2. The molecular weight excluding hydrogens is 504 g/mol. The number of ether oxygens (including phenoxy) is 1. The number of hydrogen-bond acceptors (Lipinski definition) is 4. The summed E-state index contributed by atoms with van der Waals surface area (Å²) in [5, 5.41) is 0.441. The van der Waals surface area contributed by atoms with Crippen molar-refractivity contribution >= 4 is 40.7 Å². The van der Waals surface area contributed by atoms with Crippen LogP contribution < -0.4 is 9.64 Å². The SMILES string of the molecule is COc1cc(C(=O)N2CCC3(CC2)CN(C(=O)Cc2ccc(F)cc2Cl)c2ccccc23)cc(Cl)n1. The molecule has 0 saturated carbocycles. The van der Waals surface area contributed by atoms with Gasteiger partial charge in [0, 0.05) is 47.4 Å². The van der Waals surface area contributed by atoms with E-state index in [-0.39, 0.29) is 33.8 Å². The smallest absolute Gasteiger partial charge is 0.254 e. The van der Waals surface area contributed by atoms with E-state index in [1.807, 2.05) is 23.1 Å². The van der Waals surface area contributed by atoms with Crippen molar-refractivity contribution in [1.82, 2.24) is 9.88 Å². The molecule has 1 fully saturated rings. The number of likely N-dealkylation sites (tertiary alicyclic amines) is 1. The Bertz CT molecular complexity index is 1340. The minimum Gasteiger partial charge on any atom is -0.481 e. The number of piperidine rings is 1. The summed E-state index contributed by atoms with van der Waals surface area (Å²) in [6.45, 7) is 1.61. The molecule has 1 aromatic heterocycles. The molecule has 186 valence electrons. The zero-order chi connectivity index (χ0) is 25.4. The second-order valence-electron chi connectivity index (χ2n) is 9.20. The van der Waals surface area contributed by atoms with Gasteiger partial charge in [0.1, 0.15) is 11.0 Å². The fourth-order valence-electron chi connectivity index (χ4n) is 5.23. The topological polar surface area (TPSA) is 62.7 Å². The lowest BCUT2D eigenvalue weighted by Crippen LogP contribution is -2.48. The zero-order valence-electron chi connectivity index (χ0n) is 19.6. The van der Waals surface area contributed by atoms with Gasteiger partial charge in [-0.1, -0.05) is 47.5 Å². The number of amides is 2.